The highest BCUT2D eigenvalue weighted by Crippen LogP contribution is 2.38. The fourth-order valence-corrected chi connectivity index (χ4v) is 2.37. The summed E-state index contributed by atoms with van der Waals surface area (Å²) in [5, 5.41) is 15.5. The van der Waals surface area contributed by atoms with Crippen molar-refractivity contribution in [1.82, 2.24) is 15.5 Å². The number of nitrogens with zero attached hydrogens (tertiary/aromatic N) is 2. The highest BCUT2D eigenvalue weighted by Gasteiger charge is 2.48. The molecule has 1 amide bonds. The summed E-state index contributed by atoms with van der Waals surface area (Å²) in [6.07, 6.45) is 0.411. The summed E-state index contributed by atoms with van der Waals surface area (Å²) in [6.45, 7) is 2.20. The first-order valence-electron chi connectivity index (χ1n) is 7.46. The fourth-order valence-electron chi connectivity index (χ4n) is 2.37. The average molecular weight is 315 g/mol. The quantitative estimate of drug-likeness (QED) is 0.840. The van der Waals surface area contributed by atoms with Gasteiger partial charge in [-0.05, 0) is 6.42 Å². The Morgan fingerprint density at radius 3 is 2.74 bits per heavy atom. The molecule has 7 nitrogen and oxygen atoms in total. The zero-order valence-corrected chi connectivity index (χ0v) is 12.6. The number of carboxylic acid groups (broad SMARTS) is 1. The first-order chi connectivity index (χ1) is 11.1. The molecule has 1 aromatic heterocycles. The summed E-state index contributed by atoms with van der Waals surface area (Å²) in [5.74, 6) is -1.30. The third-order valence-electron chi connectivity index (χ3n) is 3.92. The normalized spacial score (nSPS) is 20.7. The van der Waals surface area contributed by atoms with Crippen LogP contribution in [-0.4, -0.2) is 33.7 Å². The minimum absolute atomic E-state index is 0.147. The molecule has 0 bridgehead atoms. The van der Waals surface area contributed by atoms with Crippen molar-refractivity contribution in [2.24, 2.45) is 11.8 Å². The molecule has 23 heavy (non-hydrogen) atoms. The van der Waals surface area contributed by atoms with Gasteiger partial charge in [0.2, 0.25) is 17.6 Å². The molecule has 2 N–H and O–H groups in total. The highest BCUT2D eigenvalue weighted by molar-refractivity contribution is 5.89. The second-order valence-electron chi connectivity index (χ2n) is 5.76. The lowest BCUT2D eigenvalue weighted by atomic mass is 10.1. The Morgan fingerprint density at radius 1 is 1.35 bits per heavy atom. The molecule has 7 heteroatoms. The van der Waals surface area contributed by atoms with Gasteiger partial charge in [0.25, 0.3) is 0 Å². The van der Waals surface area contributed by atoms with Crippen molar-refractivity contribution in [1.29, 1.82) is 0 Å². The molecule has 120 valence electrons. The minimum Gasteiger partial charge on any atom is -0.481 e. The molecule has 2 aromatic rings. The van der Waals surface area contributed by atoms with Crippen LogP contribution in [-0.2, 0) is 9.59 Å². The fraction of sp³-hybridized carbons (Fsp3) is 0.375. The van der Waals surface area contributed by atoms with Crippen molar-refractivity contribution in [2.45, 2.75) is 19.3 Å². The van der Waals surface area contributed by atoms with E-state index >= 15 is 0 Å². The number of aliphatic carboxylic acids is 1. The smallest absolute Gasteiger partial charge is 0.307 e. The molecule has 0 aliphatic heterocycles. The second kappa shape index (κ2) is 6.20. The average Bonchev–Trinajstić information content (AvgIpc) is 3.22. The Balaban J connectivity index is 1.55. The number of benzene rings is 1. The van der Waals surface area contributed by atoms with Crippen molar-refractivity contribution >= 4 is 11.9 Å². The van der Waals surface area contributed by atoms with Crippen molar-refractivity contribution < 1.29 is 19.2 Å². The number of carbonyl (C=O) groups is 2. The number of rotatable bonds is 6. The van der Waals surface area contributed by atoms with E-state index in [0.29, 0.717) is 24.7 Å². The van der Waals surface area contributed by atoms with Gasteiger partial charge in [0.05, 0.1) is 17.8 Å². The molecule has 3 atom stereocenters. The highest BCUT2D eigenvalue weighted by atomic mass is 16.5. The van der Waals surface area contributed by atoms with Crippen LogP contribution in [0.1, 0.15) is 25.2 Å². The van der Waals surface area contributed by atoms with Crippen LogP contribution >= 0.6 is 0 Å². The molecular formula is C16H17N3O4. The zero-order valence-electron chi connectivity index (χ0n) is 12.6. The van der Waals surface area contributed by atoms with Crippen LogP contribution < -0.4 is 5.32 Å². The van der Waals surface area contributed by atoms with Crippen LogP contribution in [0, 0.1) is 11.8 Å². The lowest BCUT2D eigenvalue weighted by Crippen LogP contribution is -2.30. The summed E-state index contributed by atoms with van der Waals surface area (Å²) in [5.41, 5.74) is 0.862. The van der Waals surface area contributed by atoms with Crippen LogP contribution in [0.3, 0.4) is 0 Å². The van der Waals surface area contributed by atoms with Crippen LogP contribution in [0.5, 0.6) is 0 Å². The number of carboxylic acids is 1. The predicted octanol–water partition coefficient (Wildman–Crippen LogP) is 1.68. The van der Waals surface area contributed by atoms with Crippen molar-refractivity contribution in [2.75, 3.05) is 6.54 Å². The van der Waals surface area contributed by atoms with Crippen molar-refractivity contribution in [3.63, 3.8) is 0 Å². The first-order valence-corrected chi connectivity index (χ1v) is 7.46. The van der Waals surface area contributed by atoms with Crippen molar-refractivity contribution in [3.05, 3.63) is 36.2 Å². The number of hydrogen-bond donors (Lipinski definition) is 2. The molecule has 0 spiro atoms. The van der Waals surface area contributed by atoms with E-state index in [4.69, 9.17) is 9.63 Å². The van der Waals surface area contributed by atoms with E-state index in [-0.39, 0.29) is 11.8 Å². The van der Waals surface area contributed by atoms with Gasteiger partial charge < -0.3 is 14.9 Å². The third-order valence-corrected chi connectivity index (χ3v) is 3.92. The standard InChI is InChI=1S/C16H17N3O4/c1-9(8-17-14(20)11-7-12(11)16(21)22)15-18-13(19-23-15)10-5-3-2-4-6-10/h2-6,9,11-12H,7-8H2,1H3,(H,17,20)(H,21,22). The Morgan fingerprint density at radius 2 is 2.09 bits per heavy atom. The molecule has 3 rings (SSSR count). The third kappa shape index (κ3) is 3.39. The number of amides is 1. The molecular weight excluding hydrogens is 298 g/mol. The zero-order chi connectivity index (χ0) is 16.4. The largest absolute Gasteiger partial charge is 0.481 e. The van der Waals surface area contributed by atoms with E-state index in [2.05, 4.69) is 15.5 Å². The second-order valence-corrected chi connectivity index (χ2v) is 5.76. The van der Waals surface area contributed by atoms with E-state index in [9.17, 15) is 9.59 Å². The Kier molecular flexibility index (Phi) is 4.10. The molecule has 1 aromatic carbocycles. The van der Waals surface area contributed by atoms with Gasteiger partial charge in [-0.3, -0.25) is 9.59 Å². The van der Waals surface area contributed by atoms with Gasteiger partial charge in [-0.25, -0.2) is 0 Å². The van der Waals surface area contributed by atoms with Gasteiger partial charge in [-0.1, -0.05) is 42.4 Å². The minimum atomic E-state index is -0.914. The summed E-state index contributed by atoms with van der Waals surface area (Å²) in [7, 11) is 0. The van der Waals surface area contributed by atoms with Crippen molar-refractivity contribution in [3.8, 4) is 11.4 Å². The lowest BCUT2D eigenvalue weighted by Gasteiger charge is -2.08. The van der Waals surface area contributed by atoms with Crippen LogP contribution in [0.15, 0.2) is 34.9 Å². The topological polar surface area (TPSA) is 105 Å². The SMILES string of the molecule is CC(CNC(=O)C1CC1C(=O)O)c1nc(-c2ccccc2)no1. The molecule has 1 saturated carbocycles. The van der Waals surface area contributed by atoms with E-state index < -0.39 is 17.8 Å². The number of aromatic nitrogens is 2. The van der Waals surface area contributed by atoms with Gasteiger partial charge >= 0.3 is 5.97 Å². The lowest BCUT2D eigenvalue weighted by molar-refractivity contribution is -0.140. The molecule has 3 unspecified atom stereocenters. The monoisotopic (exact) mass is 315 g/mol. The number of carbonyl (C=O) groups excluding carboxylic acids is 1. The maximum atomic E-state index is 11.8. The van der Waals surface area contributed by atoms with Gasteiger partial charge in [0, 0.05) is 12.1 Å². The van der Waals surface area contributed by atoms with Gasteiger partial charge in [0.1, 0.15) is 0 Å². The molecule has 1 heterocycles. The number of hydrogen-bond acceptors (Lipinski definition) is 5. The summed E-state index contributed by atoms with van der Waals surface area (Å²) in [6, 6.07) is 9.47. The Hall–Kier alpha value is -2.70. The Bertz CT molecular complexity index is 713. The van der Waals surface area contributed by atoms with Gasteiger partial charge in [-0.15, -0.1) is 0 Å². The summed E-state index contributed by atoms with van der Waals surface area (Å²) in [4.78, 5) is 26.9. The van der Waals surface area contributed by atoms with Crippen LogP contribution in [0.25, 0.3) is 11.4 Å². The van der Waals surface area contributed by atoms with Gasteiger partial charge in [-0.2, -0.15) is 4.98 Å². The molecule has 0 saturated heterocycles. The molecule has 0 radical (unpaired) electrons. The van der Waals surface area contributed by atoms with Crippen LogP contribution in [0.4, 0.5) is 0 Å². The Labute approximate surface area is 132 Å². The van der Waals surface area contributed by atoms with E-state index in [0.717, 1.165) is 5.56 Å². The molecule has 1 aliphatic carbocycles. The number of nitrogens with one attached hydrogen (secondary N) is 1. The maximum Gasteiger partial charge on any atom is 0.307 e. The van der Waals surface area contributed by atoms with E-state index in [1.54, 1.807) is 0 Å². The predicted molar refractivity (Wildman–Crippen MR) is 80.4 cm³/mol. The first kappa shape index (κ1) is 15.2. The van der Waals surface area contributed by atoms with Crippen LogP contribution in [0.2, 0.25) is 0 Å². The summed E-state index contributed by atoms with van der Waals surface area (Å²) >= 11 is 0. The van der Waals surface area contributed by atoms with Gasteiger partial charge in [0.15, 0.2) is 0 Å². The molecule has 1 aliphatic rings. The van der Waals surface area contributed by atoms with E-state index in [1.807, 2.05) is 37.3 Å². The summed E-state index contributed by atoms with van der Waals surface area (Å²) < 4.78 is 5.24. The maximum absolute atomic E-state index is 11.8. The van der Waals surface area contributed by atoms with E-state index in [1.165, 1.54) is 0 Å². The molecule has 1 fully saturated rings.